The zero-order valence-corrected chi connectivity index (χ0v) is 12.0. The number of nitrogens with zero attached hydrogens (tertiary/aromatic N) is 1. The average Bonchev–Trinajstić information content (AvgIpc) is 2.42. The number of anilines is 1. The first-order valence-electron chi connectivity index (χ1n) is 5.72. The standard InChI is InChI=1S/C14H13BrN2O2/c1-19-13-5-3-2-4-10(13)8-14(18)17-12-6-7-16-9-11(12)15/h2-7,9H,8H2,1H3,(H,16,17,18). The number of carbonyl (C=O) groups is 1. The topological polar surface area (TPSA) is 51.2 Å². The smallest absolute Gasteiger partial charge is 0.228 e. The monoisotopic (exact) mass is 320 g/mol. The second-order valence-corrected chi connectivity index (χ2v) is 4.75. The molecule has 1 amide bonds. The van der Waals surface area contributed by atoms with Crippen LogP contribution in [0.4, 0.5) is 5.69 Å². The van der Waals surface area contributed by atoms with Crippen molar-refractivity contribution in [1.29, 1.82) is 0 Å². The zero-order valence-electron chi connectivity index (χ0n) is 10.4. The molecule has 0 aliphatic rings. The van der Waals surface area contributed by atoms with Crippen LogP contribution in [0.1, 0.15) is 5.56 Å². The Morgan fingerprint density at radius 2 is 2.16 bits per heavy atom. The van der Waals surface area contributed by atoms with Gasteiger partial charge in [0.2, 0.25) is 5.91 Å². The maximum absolute atomic E-state index is 12.0. The van der Waals surface area contributed by atoms with Crippen LogP contribution in [-0.4, -0.2) is 18.0 Å². The van der Waals surface area contributed by atoms with Gasteiger partial charge in [-0.05, 0) is 28.1 Å². The molecule has 1 aromatic carbocycles. The normalized spacial score (nSPS) is 10.0. The summed E-state index contributed by atoms with van der Waals surface area (Å²) in [7, 11) is 1.59. The fourth-order valence-corrected chi connectivity index (χ4v) is 2.04. The van der Waals surface area contributed by atoms with Gasteiger partial charge in [-0.2, -0.15) is 0 Å². The first-order chi connectivity index (χ1) is 9.20. The minimum Gasteiger partial charge on any atom is -0.496 e. The summed E-state index contributed by atoms with van der Waals surface area (Å²) in [5.41, 5.74) is 1.56. The van der Waals surface area contributed by atoms with Gasteiger partial charge in [0.05, 0.1) is 23.7 Å². The molecule has 0 spiro atoms. The number of nitrogens with one attached hydrogen (secondary N) is 1. The number of rotatable bonds is 4. The summed E-state index contributed by atoms with van der Waals surface area (Å²) in [4.78, 5) is 15.9. The molecule has 0 unspecified atom stereocenters. The van der Waals surface area contributed by atoms with E-state index >= 15 is 0 Å². The third-order valence-electron chi connectivity index (χ3n) is 2.59. The van der Waals surface area contributed by atoms with Crippen LogP contribution in [0, 0.1) is 0 Å². The van der Waals surface area contributed by atoms with E-state index in [4.69, 9.17) is 4.74 Å². The molecule has 98 valence electrons. The van der Waals surface area contributed by atoms with Gasteiger partial charge in [0.25, 0.3) is 0 Å². The summed E-state index contributed by atoms with van der Waals surface area (Å²) < 4.78 is 5.97. The third-order valence-corrected chi connectivity index (χ3v) is 3.22. The van der Waals surface area contributed by atoms with Crippen LogP contribution < -0.4 is 10.1 Å². The lowest BCUT2D eigenvalue weighted by Crippen LogP contribution is -2.15. The van der Waals surface area contributed by atoms with Gasteiger partial charge in [-0.1, -0.05) is 18.2 Å². The molecule has 0 bridgehead atoms. The summed E-state index contributed by atoms with van der Waals surface area (Å²) in [6.07, 6.45) is 3.53. The van der Waals surface area contributed by atoms with Crippen LogP contribution >= 0.6 is 15.9 Å². The fourth-order valence-electron chi connectivity index (χ4n) is 1.69. The summed E-state index contributed by atoms with van der Waals surface area (Å²) >= 11 is 3.34. The minimum absolute atomic E-state index is 0.101. The Morgan fingerprint density at radius 1 is 1.37 bits per heavy atom. The maximum Gasteiger partial charge on any atom is 0.228 e. The SMILES string of the molecule is COc1ccccc1CC(=O)Nc1ccncc1Br. The molecule has 0 saturated heterocycles. The lowest BCUT2D eigenvalue weighted by Gasteiger charge is -2.09. The molecule has 1 heterocycles. The van der Waals surface area contributed by atoms with Gasteiger partial charge < -0.3 is 10.1 Å². The summed E-state index contributed by atoms with van der Waals surface area (Å²) in [5, 5.41) is 2.83. The Morgan fingerprint density at radius 3 is 2.89 bits per heavy atom. The van der Waals surface area contributed by atoms with Crippen molar-refractivity contribution in [1.82, 2.24) is 4.98 Å². The fraction of sp³-hybridized carbons (Fsp3) is 0.143. The van der Waals surface area contributed by atoms with Crippen molar-refractivity contribution in [2.75, 3.05) is 12.4 Å². The van der Waals surface area contributed by atoms with Gasteiger partial charge in [0.1, 0.15) is 5.75 Å². The Kier molecular flexibility index (Phi) is 4.52. The van der Waals surface area contributed by atoms with Crippen LogP contribution in [0.15, 0.2) is 47.2 Å². The van der Waals surface area contributed by atoms with Gasteiger partial charge in [0, 0.05) is 18.0 Å². The van der Waals surface area contributed by atoms with Crippen LogP contribution in [0.5, 0.6) is 5.75 Å². The minimum atomic E-state index is -0.101. The molecule has 2 aromatic rings. The molecule has 0 aliphatic heterocycles. The molecule has 1 aromatic heterocycles. The van der Waals surface area contributed by atoms with E-state index in [9.17, 15) is 4.79 Å². The van der Waals surface area contributed by atoms with E-state index in [-0.39, 0.29) is 12.3 Å². The number of halogens is 1. The Labute approximate surface area is 119 Å². The summed E-state index contributed by atoms with van der Waals surface area (Å²) in [6.45, 7) is 0. The van der Waals surface area contributed by atoms with Crippen LogP contribution in [0.3, 0.4) is 0 Å². The quantitative estimate of drug-likeness (QED) is 0.942. The van der Waals surface area contributed by atoms with Crippen molar-refractivity contribution in [2.24, 2.45) is 0 Å². The highest BCUT2D eigenvalue weighted by atomic mass is 79.9. The van der Waals surface area contributed by atoms with E-state index in [1.165, 1.54) is 0 Å². The summed E-state index contributed by atoms with van der Waals surface area (Å²) in [6, 6.07) is 9.21. The highest BCUT2D eigenvalue weighted by molar-refractivity contribution is 9.10. The molecule has 0 radical (unpaired) electrons. The van der Waals surface area contributed by atoms with E-state index in [0.717, 1.165) is 10.0 Å². The highest BCUT2D eigenvalue weighted by Gasteiger charge is 2.09. The number of ether oxygens (including phenoxy) is 1. The molecule has 5 heteroatoms. The molecule has 0 aliphatic carbocycles. The van der Waals surface area contributed by atoms with E-state index in [1.807, 2.05) is 24.3 Å². The lowest BCUT2D eigenvalue weighted by atomic mass is 10.1. The third kappa shape index (κ3) is 3.54. The van der Waals surface area contributed by atoms with Crippen molar-refractivity contribution in [3.63, 3.8) is 0 Å². The van der Waals surface area contributed by atoms with E-state index < -0.39 is 0 Å². The maximum atomic E-state index is 12.0. The first-order valence-corrected chi connectivity index (χ1v) is 6.51. The van der Waals surface area contributed by atoms with Gasteiger partial charge in [-0.3, -0.25) is 9.78 Å². The number of methoxy groups -OCH3 is 1. The van der Waals surface area contributed by atoms with Crippen LogP contribution in [0.25, 0.3) is 0 Å². The van der Waals surface area contributed by atoms with E-state index in [0.29, 0.717) is 11.4 Å². The van der Waals surface area contributed by atoms with Crippen molar-refractivity contribution in [2.45, 2.75) is 6.42 Å². The molecule has 2 rings (SSSR count). The Bertz CT molecular complexity index is 587. The highest BCUT2D eigenvalue weighted by Crippen LogP contribution is 2.21. The number of benzene rings is 1. The van der Waals surface area contributed by atoms with Crippen LogP contribution in [-0.2, 0) is 11.2 Å². The largest absolute Gasteiger partial charge is 0.496 e. The Hall–Kier alpha value is -1.88. The van der Waals surface area contributed by atoms with Gasteiger partial charge in [-0.25, -0.2) is 0 Å². The number of aromatic nitrogens is 1. The molecule has 0 saturated carbocycles. The molecule has 4 nitrogen and oxygen atoms in total. The number of carbonyl (C=O) groups excluding carboxylic acids is 1. The van der Waals surface area contributed by atoms with Gasteiger partial charge in [-0.15, -0.1) is 0 Å². The molecular weight excluding hydrogens is 308 g/mol. The number of pyridine rings is 1. The predicted molar refractivity (Wildman–Crippen MR) is 77.3 cm³/mol. The molecule has 1 N–H and O–H groups in total. The first kappa shape index (κ1) is 13.5. The summed E-state index contributed by atoms with van der Waals surface area (Å²) in [5.74, 6) is 0.614. The molecule has 0 atom stereocenters. The van der Waals surface area contributed by atoms with Gasteiger partial charge >= 0.3 is 0 Å². The number of amides is 1. The second-order valence-electron chi connectivity index (χ2n) is 3.89. The molecule has 0 fully saturated rings. The average molecular weight is 321 g/mol. The number of hydrogen-bond acceptors (Lipinski definition) is 3. The van der Waals surface area contributed by atoms with Crippen molar-refractivity contribution >= 4 is 27.5 Å². The van der Waals surface area contributed by atoms with Crippen molar-refractivity contribution < 1.29 is 9.53 Å². The molecule has 19 heavy (non-hydrogen) atoms. The van der Waals surface area contributed by atoms with Crippen LogP contribution in [0.2, 0.25) is 0 Å². The Balaban J connectivity index is 2.08. The second kappa shape index (κ2) is 6.33. The van der Waals surface area contributed by atoms with Crippen molar-refractivity contribution in [3.8, 4) is 5.75 Å². The predicted octanol–water partition coefficient (Wildman–Crippen LogP) is 3.03. The number of para-hydroxylation sites is 1. The van der Waals surface area contributed by atoms with E-state index in [1.54, 1.807) is 25.6 Å². The van der Waals surface area contributed by atoms with Crippen molar-refractivity contribution in [3.05, 3.63) is 52.8 Å². The molecular formula is C14H13BrN2O2. The zero-order chi connectivity index (χ0) is 13.7. The van der Waals surface area contributed by atoms with E-state index in [2.05, 4.69) is 26.2 Å². The van der Waals surface area contributed by atoms with Gasteiger partial charge in [0.15, 0.2) is 0 Å². The number of hydrogen-bond donors (Lipinski definition) is 1. The lowest BCUT2D eigenvalue weighted by molar-refractivity contribution is -0.115.